The first-order valence-electron chi connectivity index (χ1n) is 8.65. The van der Waals surface area contributed by atoms with Crippen LogP contribution in [0.3, 0.4) is 0 Å². The first kappa shape index (κ1) is 17.5. The van der Waals surface area contributed by atoms with Crippen molar-refractivity contribution in [3.8, 4) is 0 Å². The van der Waals surface area contributed by atoms with Gasteiger partial charge in [0.05, 0.1) is 11.7 Å². The molecule has 2 fully saturated rings. The molecular formula is C18H23N3O4S. The summed E-state index contributed by atoms with van der Waals surface area (Å²) in [5.74, 6) is -1.07. The Kier molecular flexibility index (Phi) is 3.91. The molecule has 0 unspecified atom stereocenters. The number of hydrogen-bond acceptors (Lipinski definition) is 4. The fraction of sp³-hybridized carbons (Fsp3) is 0.500. The zero-order valence-electron chi connectivity index (χ0n) is 14.9. The number of rotatable bonds is 4. The van der Waals surface area contributed by atoms with E-state index in [1.807, 2.05) is 19.2 Å². The van der Waals surface area contributed by atoms with Crippen LogP contribution in [0.1, 0.15) is 5.69 Å². The Morgan fingerprint density at radius 3 is 2.62 bits per heavy atom. The molecule has 3 heterocycles. The molecule has 0 radical (unpaired) electrons. The van der Waals surface area contributed by atoms with Crippen molar-refractivity contribution in [1.82, 2.24) is 13.8 Å². The first-order chi connectivity index (χ1) is 12.2. The first-order valence-corrected chi connectivity index (χ1v) is 10.5. The number of para-hydroxylation sites is 1. The molecule has 2 aliphatic rings. The van der Waals surface area contributed by atoms with Crippen LogP contribution in [-0.2, 0) is 28.4 Å². The zero-order chi connectivity index (χ0) is 18.7. The van der Waals surface area contributed by atoms with E-state index in [9.17, 15) is 18.3 Å². The lowest BCUT2D eigenvalue weighted by molar-refractivity contribution is -0.148. The van der Waals surface area contributed by atoms with Crippen molar-refractivity contribution in [1.29, 1.82) is 0 Å². The van der Waals surface area contributed by atoms with Gasteiger partial charge in [-0.25, -0.2) is 12.7 Å². The molecule has 0 bridgehead atoms. The molecule has 140 valence electrons. The smallest absolute Gasteiger partial charge is 0.312 e. The third-order valence-electron chi connectivity index (χ3n) is 5.98. The molecule has 0 saturated carbocycles. The number of sulfonamides is 1. The summed E-state index contributed by atoms with van der Waals surface area (Å²) in [6, 6.07) is 10.3. The van der Waals surface area contributed by atoms with Crippen molar-refractivity contribution >= 4 is 26.9 Å². The van der Waals surface area contributed by atoms with E-state index in [1.54, 1.807) is 0 Å². The van der Waals surface area contributed by atoms with E-state index in [0.717, 1.165) is 17.5 Å². The average molecular weight is 377 g/mol. The molecule has 1 N–H and O–H groups in total. The second-order valence-electron chi connectivity index (χ2n) is 7.64. The van der Waals surface area contributed by atoms with E-state index in [-0.39, 0.29) is 19.0 Å². The molecule has 2 aliphatic heterocycles. The summed E-state index contributed by atoms with van der Waals surface area (Å²) in [6.45, 7) is 1.99. The van der Waals surface area contributed by atoms with E-state index < -0.39 is 21.4 Å². The maximum Gasteiger partial charge on any atom is 0.312 e. The summed E-state index contributed by atoms with van der Waals surface area (Å²) in [5.41, 5.74) is 1.28. The summed E-state index contributed by atoms with van der Waals surface area (Å²) in [4.78, 5) is 14.2. The molecular weight excluding hydrogens is 354 g/mol. The van der Waals surface area contributed by atoms with Gasteiger partial charge in [0, 0.05) is 56.9 Å². The number of aromatic nitrogens is 1. The number of benzene rings is 1. The van der Waals surface area contributed by atoms with Crippen LogP contribution in [0.25, 0.3) is 10.9 Å². The van der Waals surface area contributed by atoms with Gasteiger partial charge in [0.25, 0.3) is 0 Å². The van der Waals surface area contributed by atoms with Crippen molar-refractivity contribution in [3.63, 3.8) is 0 Å². The van der Waals surface area contributed by atoms with Crippen LogP contribution in [0.4, 0.5) is 0 Å². The van der Waals surface area contributed by atoms with Gasteiger partial charge >= 0.3 is 5.97 Å². The minimum Gasteiger partial charge on any atom is -0.481 e. The lowest BCUT2D eigenvalue weighted by atomic mass is 9.81. The Morgan fingerprint density at radius 2 is 2.00 bits per heavy atom. The van der Waals surface area contributed by atoms with Crippen molar-refractivity contribution in [2.24, 2.45) is 18.4 Å². The van der Waals surface area contributed by atoms with Gasteiger partial charge in [-0.3, -0.25) is 9.69 Å². The molecule has 2 saturated heterocycles. The fourth-order valence-electron chi connectivity index (χ4n) is 4.53. The van der Waals surface area contributed by atoms with Crippen LogP contribution in [0.5, 0.6) is 0 Å². The van der Waals surface area contributed by atoms with E-state index in [1.165, 1.54) is 9.69 Å². The summed E-state index contributed by atoms with van der Waals surface area (Å²) >= 11 is 0. The lowest BCUT2D eigenvalue weighted by Gasteiger charge is -2.24. The Morgan fingerprint density at radius 1 is 1.27 bits per heavy atom. The van der Waals surface area contributed by atoms with E-state index in [2.05, 4.69) is 27.7 Å². The molecule has 0 amide bonds. The largest absolute Gasteiger partial charge is 0.481 e. The van der Waals surface area contributed by atoms with Crippen molar-refractivity contribution in [2.75, 3.05) is 32.4 Å². The van der Waals surface area contributed by atoms with Crippen LogP contribution in [-0.4, -0.2) is 65.7 Å². The Labute approximate surface area is 152 Å². The third kappa shape index (κ3) is 2.64. The lowest BCUT2D eigenvalue weighted by Crippen LogP contribution is -2.41. The summed E-state index contributed by atoms with van der Waals surface area (Å²) in [5, 5.41) is 11.0. The molecule has 0 spiro atoms. The summed E-state index contributed by atoms with van der Waals surface area (Å²) in [7, 11) is -1.35. The number of carboxylic acid groups (broad SMARTS) is 1. The maximum absolute atomic E-state index is 12.0. The number of aliphatic carboxylic acids is 1. The molecule has 8 heteroatoms. The van der Waals surface area contributed by atoms with Crippen molar-refractivity contribution < 1.29 is 18.3 Å². The van der Waals surface area contributed by atoms with Crippen LogP contribution < -0.4 is 0 Å². The van der Waals surface area contributed by atoms with Crippen LogP contribution in [0.2, 0.25) is 0 Å². The number of aryl methyl sites for hydroxylation is 1. The fourth-order valence-corrected chi connectivity index (χ4v) is 5.44. The number of hydrogen-bond donors (Lipinski definition) is 1. The second-order valence-corrected chi connectivity index (χ2v) is 9.62. The quantitative estimate of drug-likeness (QED) is 0.858. The molecule has 0 aliphatic carbocycles. The predicted octanol–water partition coefficient (Wildman–Crippen LogP) is 0.956. The highest BCUT2D eigenvalue weighted by Gasteiger charge is 2.59. The van der Waals surface area contributed by atoms with Gasteiger partial charge in [0.2, 0.25) is 10.0 Å². The monoisotopic (exact) mass is 377 g/mol. The van der Waals surface area contributed by atoms with E-state index in [0.29, 0.717) is 19.6 Å². The second kappa shape index (κ2) is 5.80. The number of fused-ring (bicyclic) bond motifs is 2. The van der Waals surface area contributed by atoms with Crippen molar-refractivity contribution in [2.45, 2.75) is 6.54 Å². The van der Waals surface area contributed by atoms with Crippen LogP contribution in [0, 0.1) is 11.3 Å². The molecule has 2 atom stereocenters. The number of carboxylic acids is 1. The zero-order valence-corrected chi connectivity index (χ0v) is 15.7. The SMILES string of the molecule is Cn1c(CN2C[C@@H]3CN(S(C)(=O)=O)C[C@]3(C(=O)O)C2)cc2ccccc21. The number of carbonyl (C=O) groups is 1. The highest BCUT2D eigenvalue weighted by molar-refractivity contribution is 7.88. The molecule has 1 aromatic carbocycles. The molecule has 2 aromatic rings. The topological polar surface area (TPSA) is 82.8 Å². The Bertz CT molecular complexity index is 983. The van der Waals surface area contributed by atoms with E-state index >= 15 is 0 Å². The van der Waals surface area contributed by atoms with Gasteiger partial charge in [-0.15, -0.1) is 0 Å². The van der Waals surface area contributed by atoms with Gasteiger partial charge in [0.15, 0.2) is 0 Å². The normalized spacial score (nSPS) is 27.2. The van der Waals surface area contributed by atoms with Gasteiger partial charge in [-0.1, -0.05) is 18.2 Å². The van der Waals surface area contributed by atoms with Gasteiger partial charge in [-0.2, -0.15) is 0 Å². The molecule has 1 aromatic heterocycles. The Hall–Kier alpha value is -1.90. The van der Waals surface area contributed by atoms with Gasteiger partial charge in [0.1, 0.15) is 0 Å². The third-order valence-corrected chi connectivity index (χ3v) is 7.20. The van der Waals surface area contributed by atoms with E-state index in [4.69, 9.17) is 0 Å². The number of likely N-dealkylation sites (tertiary alicyclic amines) is 1. The average Bonchev–Trinajstić information content (AvgIpc) is 3.17. The highest BCUT2D eigenvalue weighted by atomic mass is 32.2. The number of nitrogens with zero attached hydrogens (tertiary/aromatic N) is 3. The summed E-state index contributed by atoms with van der Waals surface area (Å²) < 4.78 is 27.2. The standard InChI is InChI=1S/C18H23N3O4S/c1-19-15(7-13-5-3-4-6-16(13)19)10-20-8-14-9-21(26(2,24)25)12-18(14,11-20)17(22)23/h3-7,14H,8-12H2,1-2H3,(H,22,23)/t14-,18-/m1/s1. The minimum atomic E-state index is -3.37. The van der Waals surface area contributed by atoms with Gasteiger partial charge < -0.3 is 9.67 Å². The molecule has 4 rings (SSSR count). The maximum atomic E-state index is 12.0. The van der Waals surface area contributed by atoms with Gasteiger partial charge in [-0.05, 0) is 17.5 Å². The minimum absolute atomic E-state index is 0.0669. The Balaban J connectivity index is 1.58. The summed E-state index contributed by atoms with van der Waals surface area (Å²) in [6.07, 6.45) is 1.15. The van der Waals surface area contributed by atoms with Crippen LogP contribution >= 0.6 is 0 Å². The predicted molar refractivity (Wildman–Crippen MR) is 98.2 cm³/mol. The van der Waals surface area contributed by atoms with Crippen molar-refractivity contribution in [3.05, 3.63) is 36.0 Å². The molecule has 7 nitrogen and oxygen atoms in total. The molecule has 26 heavy (non-hydrogen) atoms. The van der Waals surface area contributed by atoms with Crippen LogP contribution in [0.15, 0.2) is 30.3 Å². The highest BCUT2D eigenvalue weighted by Crippen LogP contribution is 2.44.